The second kappa shape index (κ2) is 6.37. The summed E-state index contributed by atoms with van der Waals surface area (Å²) < 4.78 is 0. The summed E-state index contributed by atoms with van der Waals surface area (Å²) in [5, 5.41) is 3.50. The van der Waals surface area contributed by atoms with Crippen LogP contribution in [0.4, 0.5) is 5.82 Å². The quantitative estimate of drug-likeness (QED) is 0.826. The zero-order valence-corrected chi connectivity index (χ0v) is 12.8. The molecular formula is C14H24ClN3. The third-order valence-electron chi connectivity index (χ3n) is 2.98. The minimum absolute atomic E-state index is 0.153. The molecule has 0 radical (unpaired) electrons. The molecule has 3 nitrogen and oxygen atoms in total. The fourth-order valence-corrected chi connectivity index (χ4v) is 2.09. The maximum atomic E-state index is 5.89. The van der Waals surface area contributed by atoms with Crippen molar-refractivity contribution in [3.63, 3.8) is 0 Å². The molecule has 0 bridgehead atoms. The van der Waals surface area contributed by atoms with Crippen molar-refractivity contribution in [2.75, 3.05) is 11.2 Å². The van der Waals surface area contributed by atoms with Gasteiger partial charge in [-0.2, -0.15) is 0 Å². The van der Waals surface area contributed by atoms with Gasteiger partial charge in [0.2, 0.25) is 0 Å². The van der Waals surface area contributed by atoms with Crippen LogP contribution in [0.5, 0.6) is 0 Å². The number of hydrogen-bond acceptors (Lipinski definition) is 3. The molecule has 0 fully saturated rings. The van der Waals surface area contributed by atoms with E-state index in [1.807, 2.05) is 13.0 Å². The van der Waals surface area contributed by atoms with E-state index in [2.05, 4.69) is 43.0 Å². The summed E-state index contributed by atoms with van der Waals surface area (Å²) in [6, 6.07) is 2.31. The number of aryl methyl sites for hydroxylation is 2. The van der Waals surface area contributed by atoms with E-state index < -0.39 is 0 Å². The van der Waals surface area contributed by atoms with Gasteiger partial charge in [-0.15, -0.1) is 11.6 Å². The highest BCUT2D eigenvalue weighted by molar-refractivity contribution is 6.17. The summed E-state index contributed by atoms with van der Waals surface area (Å²) in [6.45, 7) is 10.7. The van der Waals surface area contributed by atoms with Crippen LogP contribution in [0.3, 0.4) is 0 Å². The Balaban J connectivity index is 2.90. The Morgan fingerprint density at radius 3 is 2.50 bits per heavy atom. The molecule has 1 atom stereocenters. The first-order valence-corrected chi connectivity index (χ1v) is 7.07. The molecule has 102 valence electrons. The Morgan fingerprint density at radius 1 is 1.33 bits per heavy atom. The number of alkyl halides is 1. The topological polar surface area (TPSA) is 37.8 Å². The molecule has 0 aliphatic rings. The van der Waals surface area contributed by atoms with Gasteiger partial charge in [-0.05, 0) is 18.8 Å². The van der Waals surface area contributed by atoms with Crippen molar-refractivity contribution in [3.8, 4) is 0 Å². The van der Waals surface area contributed by atoms with Crippen molar-refractivity contribution in [3.05, 3.63) is 17.6 Å². The van der Waals surface area contributed by atoms with Crippen molar-refractivity contribution in [1.29, 1.82) is 0 Å². The van der Waals surface area contributed by atoms with E-state index in [1.165, 1.54) is 0 Å². The molecule has 0 amide bonds. The van der Waals surface area contributed by atoms with Gasteiger partial charge in [0.1, 0.15) is 11.6 Å². The van der Waals surface area contributed by atoms with E-state index in [1.54, 1.807) is 0 Å². The first-order valence-electron chi connectivity index (χ1n) is 6.54. The van der Waals surface area contributed by atoms with Gasteiger partial charge in [0.15, 0.2) is 0 Å². The Bertz CT molecular complexity index is 385. The number of rotatable bonds is 5. The summed E-state index contributed by atoms with van der Waals surface area (Å²) in [4.78, 5) is 8.91. The van der Waals surface area contributed by atoms with Gasteiger partial charge in [-0.25, -0.2) is 9.97 Å². The smallest absolute Gasteiger partial charge is 0.130 e. The molecule has 1 unspecified atom stereocenters. The molecule has 0 spiro atoms. The Hall–Kier alpha value is -0.830. The van der Waals surface area contributed by atoms with E-state index in [0.29, 0.717) is 11.9 Å². The van der Waals surface area contributed by atoms with Crippen LogP contribution < -0.4 is 5.32 Å². The van der Waals surface area contributed by atoms with Gasteiger partial charge in [0.05, 0.1) is 0 Å². The van der Waals surface area contributed by atoms with Crippen molar-refractivity contribution >= 4 is 17.4 Å². The predicted molar refractivity (Wildman–Crippen MR) is 78.3 cm³/mol. The lowest BCUT2D eigenvalue weighted by molar-refractivity contribution is 0.334. The van der Waals surface area contributed by atoms with Crippen LogP contribution in [0.1, 0.15) is 45.6 Å². The first-order chi connectivity index (χ1) is 8.36. The lowest BCUT2D eigenvalue weighted by atomic mass is 9.85. The van der Waals surface area contributed by atoms with Crippen LogP contribution >= 0.6 is 11.6 Å². The van der Waals surface area contributed by atoms with Crippen molar-refractivity contribution < 1.29 is 0 Å². The van der Waals surface area contributed by atoms with E-state index in [4.69, 9.17) is 11.6 Å². The normalized spacial score (nSPS) is 13.4. The van der Waals surface area contributed by atoms with Gasteiger partial charge in [-0.3, -0.25) is 0 Å². The summed E-state index contributed by atoms with van der Waals surface area (Å²) >= 11 is 5.89. The fourth-order valence-electron chi connectivity index (χ4n) is 1.87. The van der Waals surface area contributed by atoms with Crippen molar-refractivity contribution in [1.82, 2.24) is 9.97 Å². The van der Waals surface area contributed by atoms with Crippen LogP contribution in [-0.2, 0) is 6.42 Å². The van der Waals surface area contributed by atoms with E-state index in [-0.39, 0.29) is 5.41 Å². The van der Waals surface area contributed by atoms with Crippen LogP contribution in [0.15, 0.2) is 6.07 Å². The molecule has 1 aromatic rings. The first kappa shape index (κ1) is 15.2. The summed E-state index contributed by atoms with van der Waals surface area (Å²) in [7, 11) is 0. The van der Waals surface area contributed by atoms with Crippen molar-refractivity contribution in [2.45, 2.75) is 53.5 Å². The molecule has 0 saturated heterocycles. The maximum absolute atomic E-state index is 5.89. The highest BCUT2D eigenvalue weighted by Crippen LogP contribution is 2.25. The average molecular weight is 270 g/mol. The van der Waals surface area contributed by atoms with Gasteiger partial charge in [0.25, 0.3) is 0 Å². The minimum Gasteiger partial charge on any atom is -0.367 e. The van der Waals surface area contributed by atoms with E-state index >= 15 is 0 Å². The fraction of sp³-hybridized carbons (Fsp3) is 0.714. The monoisotopic (exact) mass is 269 g/mol. The van der Waals surface area contributed by atoms with E-state index in [9.17, 15) is 0 Å². The summed E-state index contributed by atoms with van der Waals surface area (Å²) in [5.74, 6) is 2.44. The second-order valence-corrected chi connectivity index (χ2v) is 6.08. The highest BCUT2D eigenvalue weighted by Gasteiger charge is 2.24. The molecule has 1 rings (SSSR count). The zero-order valence-electron chi connectivity index (χ0n) is 12.0. The van der Waals surface area contributed by atoms with Gasteiger partial charge in [0, 0.05) is 30.1 Å². The Labute approximate surface area is 115 Å². The average Bonchev–Trinajstić information content (AvgIpc) is 2.26. The molecular weight excluding hydrogens is 246 g/mol. The molecule has 1 heterocycles. The molecule has 1 N–H and O–H groups in total. The predicted octanol–water partition coefficient (Wildman–Crippen LogP) is 3.80. The zero-order chi connectivity index (χ0) is 13.8. The lowest BCUT2D eigenvalue weighted by Gasteiger charge is -2.31. The number of nitrogens with zero attached hydrogens (tertiary/aromatic N) is 2. The SMILES string of the molecule is CCc1nc(C)cc(NC(CCCl)C(C)(C)C)n1. The van der Waals surface area contributed by atoms with E-state index in [0.717, 1.165) is 30.2 Å². The highest BCUT2D eigenvalue weighted by atomic mass is 35.5. The van der Waals surface area contributed by atoms with Crippen LogP contribution in [0.2, 0.25) is 0 Å². The third kappa shape index (κ3) is 4.45. The Kier molecular flexibility index (Phi) is 5.39. The molecule has 4 heteroatoms. The van der Waals surface area contributed by atoms with Gasteiger partial charge < -0.3 is 5.32 Å². The molecule has 0 saturated carbocycles. The van der Waals surface area contributed by atoms with Crippen LogP contribution in [-0.4, -0.2) is 21.9 Å². The molecule has 0 aromatic carbocycles. The minimum atomic E-state index is 0.153. The molecule has 1 aromatic heterocycles. The number of aromatic nitrogens is 2. The van der Waals surface area contributed by atoms with Gasteiger partial charge in [-0.1, -0.05) is 27.7 Å². The van der Waals surface area contributed by atoms with Crippen LogP contribution in [0, 0.1) is 12.3 Å². The van der Waals surface area contributed by atoms with Crippen molar-refractivity contribution in [2.24, 2.45) is 5.41 Å². The molecule has 0 aliphatic carbocycles. The maximum Gasteiger partial charge on any atom is 0.130 e. The Morgan fingerprint density at radius 2 is 2.00 bits per heavy atom. The number of hydrogen-bond donors (Lipinski definition) is 1. The van der Waals surface area contributed by atoms with Crippen LogP contribution in [0.25, 0.3) is 0 Å². The standard InChI is InChI=1S/C14H24ClN3/c1-6-12-16-10(2)9-13(18-12)17-11(7-8-15)14(3,4)5/h9,11H,6-8H2,1-5H3,(H,16,17,18). The lowest BCUT2D eigenvalue weighted by Crippen LogP contribution is -2.34. The summed E-state index contributed by atoms with van der Waals surface area (Å²) in [5.41, 5.74) is 1.16. The molecule has 0 aliphatic heterocycles. The molecule has 18 heavy (non-hydrogen) atoms. The number of halogens is 1. The third-order valence-corrected chi connectivity index (χ3v) is 3.20. The number of nitrogens with one attached hydrogen (secondary N) is 1. The number of anilines is 1. The van der Waals surface area contributed by atoms with Gasteiger partial charge >= 0.3 is 0 Å². The second-order valence-electron chi connectivity index (χ2n) is 5.70. The largest absolute Gasteiger partial charge is 0.367 e. The summed E-state index contributed by atoms with van der Waals surface area (Å²) in [6.07, 6.45) is 1.78.